The highest BCUT2D eigenvalue weighted by Crippen LogP contribution is 2.32. The molecule has 3 N–H and O–H groups in total. The number of anilines is 1. The summed E-state index contributed by atoms with van der Waals surface area (Å²) in [5.41, 5.74) is 0.0550. The summed E-state index contributed by atoms with van der Waals surface area (Å²) in [6.45, 7) is 9.05. The summed E-state index contributed by atoms with van der Waals surface area (Å²) in [5, 5.41) is 2.72. The highest BCUT2D eigenvalue weighted by atomic mass is 79.9. The molecule has 1 rings (SSSR count). The fraction of sp³-hybridized carbons (Fsp3) is 0.500. The molecule has 0 radical (unpaired) electrons. The van der Waals surface area contributed by atoms with Crippen molar-refractivity contribution < 1.29 is 14.4 Å². The van der Waals surface area contributed by atoms with Gasteiger partial charge in [-0.05, 0) is 46.8 Å². The third-order valence-corrected chi connectivity index (χ3v) is 3.05. The molecule has 1 aromatic carbocycles. The molecule has 1 aromatic rings. The molecule has 0 saturated heterocycles. The van der Waals surface area contributed by atoms with Crippen LogP contribution in [0.1, 0.15) is 40.2 Å². The Kier molecular flexibility index (Phi) is 5.18. The first kappa shape index (κ1) is 16.9. The van der Waals surface area contributed by atoms with Crippen molar-refractivity contribution in [3.8, 4) is 0 Å². The number of ether oxygens (including phenoxy) is 1. The zero-order valence-corrected chi connectivity index (χ0v) is 14.0. The van der Waals surface area contributed by atoms with Gasteiger partial charge in [0.05, 0.1) is 5.69 Å². The monoisotopic (exact) mass is 344 g/mol. The zero-order chi connectivity index (χ0) is 15.6. The van der Waals surface area contributed by atoms with Crippen LogP contribution in [0.25, 0.3) is 0 Å². The lowest BCUT2D eigenvalue weighted by atomic mass is 9.96. The van der Waals surface area contributed by atoms with Crippen LogP contribution in [0.3, 0.4) is 0 Å². The van der Waals surface area contributed by atoms with Crippen LogP contribution in [0.5, 0.6) is 0 Å². The second-order valence-electron chi connectivity index (χ2n) is 5.94. The third kappa shape index (κ3) is 4.77. The lowest BCUT2D eigenvalue weighted by Gasteiger charge is -2.26. The van der Waals surface area contributed by atoms with Gasteiger partial charge in [-0.3, -0.25) is 10.2 Å². The van der Waals surface area contributed by atoms with E-state index in [1.54, 1.807) is 26.8 Å². The van der Waals surface area contributed by atoms with E-state index in [0.29, 0.717) is 5.69 Å². The van der Waals surface area contributed by atoms with Crippen molar-refractivity contribution in [2.45, 2.75) is 45.8 Å². The summed E-state index contributed by atoms with van der Waals surface area (Å²) in [6, 6.07) is 5.47. The van der Waals surface area contributed by atoms with Gasteiger partial charge in [-0.2, -0.15) is 0 Å². The van der Waals surface area contributed by atoms with Crippen molar-refractivity contribution in [2.75, 3.05) is 5.32 Å². The van der Waals surface area contributed by atoms with Gasteiger partial charge >= 0.3 is 6.09 Å². The fourth-order valence-corrected chi connectivity index (χ4v) is 1.98. The van der Waals surface area contributed by atoms with E-state index in [0.717, 1.165) is 10.0 Å². The number of hydrogen-bond acceptors (Lipinski definition) is 4. The molecule has 5 nitrogen and oxygen atoms in total. The minimum Gasteiger partial charge on any atom is -0.444 e. The van der Waals surface area contributed by atoms with Gasteiger partial charge < -0.3 is 4.74 Å². The first-order valence-electron chi connectivity index (χ1n) is 6.23. The molecule has 20 heavy (non-hydrogen) atoms. The van der Waals surface area contributed by atoms with Crippen LogP contribution in [0, 0.1) is 0 Å². The maximum atomic E-state index is 11.9. The Hall–Kier alpha value is -1.11. The third-order valence-electron chi connectivity index (χ3n) is 2.56. The van der Waals surface area contributed by atoms with Crippen LogP contribution in [-0.2, 0) is 15.2 Å². The number of carbonyl (C=O) groups excluding carboxylic acids is 1. The van der Waals surface area contributed by atoms with Gasteiger partial charge in [0.15, 0.2) is 0 Å². The minimum absolute atomic E-state index is 0.523. The fourth-order valence-electron chi connectivity index (χ4n) is 1.62. The van der Waals surface area contributed by atoms with Crippen LogP contribution in [0.2, 0.25) is 0 Å². The summed E-state index contributed by atoms with van der Waals surface area (Å²) in [5.74, 6) is 5.32. The first-order valence-corrected chi connectivity index (χ1v) is 7.02. The Morgan fingerprint density at radius 1 is 1.25 bits per heavy atom. The van der Waals surface area contributed by atoms with Gasteiger partial charge in [-0.15, -0.1) is 0 Å². The normalized spacial score (nSPS) is 12.2. The van der Waals surface area contributed by atoms with Gasteiger partial charge in [0.25, 0.3) is 0 Å². The molecule has 0 heterocycles. The van der Waals surface area contributed by atoms with Crippen LogP contribution in [0.15, 0.2) is 22.7 Å². The highest BCUT2D eigenvalue weighted by molar-refractivity contribution is 9.10. The molecule has 0 saturated carbocycles. The Morgan fingerprint density at radius 2 is 1.85 bits per heavy atom. The lowest BCUT2D eigenvalue weighted by molar-refractivity contribution is -0.0231. The van der Waals surface area contributed by atoms with E-state index in [-0.39, 0.29) is 0 Å². The average Bonchev–Trinajstić information content (AvgIpc) is 2.25. The number of carbonyl (C=O) groups is 1. The number of hydrogen-bond donors (Lipinski definition) is 2. The van der Waals surface area contributed by atoms with Crippen LogP contribution < -0.4 is 11.2 Å². The van der Waals surface area contributed by atoms with Crippen LogP contribution in [0.4, 0.5) is 10.5 Å². The van der Waals surface area contributed by atoms with Crippen LogP contribution >= 0.6 is 15.9 Å². The lowest BCUT2D eigenvalue weighted by Crippen LogP contribution is -2.30. The van der Waals surface area contributed by atoms with Gasteiger partial charge in [0.1, 0.15) is 11.2 Å². The molecule has 0 unspecified atom stereocenters. The topological polar surface area (TPSA) is 73.6 Å². The summed E-state index contributed by atoms with van der Waals surface area (Å²) in [6.07, 6.45) is -0.523. The SMILES string of the molecule is CC(C)(C)OC(=O)Nc1cc(Br)ccc1C(C)(C)ON. The number of benzene rings is 1. The Morgan fingerprint density at radius 3 is 2.35 bits per heavy atom. The summed E-state index contributed by atoms with van der Waals surface area (Å²) < 4.78 is 6.08. The molecule has 0 bridgehead atoms. The molecule has 0 spiro atoms. The molecule has 0 aliphatic rings. The Bertz CT molecular complexity index is 496. The second kappa shape index (κ2) is 6.11. The molecule has 0 aromatic heterocycles. The first-order chi connectivity index (χ1) is 9.05. The van der Waals surface area contributed by atoms with E-state index < -0.39 is 17.3 Å². The van der Waals surface area contributed by atoms with E-state index in [4.69, 9.17) is 15.5 Å². The number of nitrogens with two attached hydrogens (primary N) is 1. The van der Waals surface area contributed by atoms with E-state index in [1.807, 2.05) is 26.0 Å². The van der Waals surface area contributed by atoms with Crippen molar-refractivity contribution in [1.82, 2.24) is 0 Å². The standard InChI is InChI=1S/C14H21BrN2O3/c1-13(2,3)19-12(18)17-11-8-9(15)6-7-10(11)14(4,5)20-16/h6-8H,16H2,1-5H3,(H,17,18). The summed E-state index contributed by atoms with van der Waals surface area (Å²) in [7, 11) is 0. The van der Waals surface area contributed by atoms with Crippen molar-refractivity contribution in [3.05, 3.63) is 28.2 Å². The van der Waals surface area contributed by atoms with E-state index in [2.05, 4.69) is 21.2 Å². The Labute approximate surface area is 127 Å². The molecule has 6 heteroatoms. The van der Waals surface area contributed by atoms with Crippen molar-refractivity contribution >= 4 is 27.7 Å². The molecule has 1 amide bonds. The van der Waals surface area contributed by atoms with Crippen molar-refractivity contribution in [1.29, 1.82) is 0 Å². The van der Waals surface area contributed by atoms with Crippen LogP contribution in [-0.4, -0.2) is 11.7 Å². The van der Waals surface area contributed by atoms with Gasteiger partial charge in [0, 0.05) is 10.0 Å². The average molecular weight is 345 g/mol. The maximum Gasteiger partial charge on any atom is 0.412 e. The van der Waals surface area contributed by atoms with Gasteiger partial charge in [-0.1, -0.05) is 22.0 Å². The van der Waals surface area contributed by atoms with Crippen molar-refractivity contribution in [2.24, 2.45) is 5.90 Å². The largest absolute Gasteiger partial charge is 0.444 e. The molecule has 0 aliphatic carbocycles. The predicted molar refractivity (Wildman–Crippen MR) is 82.3 cm³/mol. The quantitative estimate of drug-likeness (QED) is 0.815. The molecule has 112 valence electrons. The molecule has 0 fully saturated rings. The smallest absolute Gasteiger partial charge is 0.412 e. The van der Waals surface area contributed by atoms with Gasteiger partial charge in [-0.25, -0.2) is 10.7 Å². The molecule has 0 aliphatic heterocycles. The molecule has 0 atom stereocenters. The van der Waals surface area contributed by atoms with Crippen molar-refractivity contribution in [3.63, 3.8) is 0 Å². The summed E-state index contributed by atoms with van der Waals surface area (Å²) in [4.78, 5) is 16.9. The van der Waals surface area contributed by atoms with E-state index in [1.165, 1.54) is 0 Å². The maximum absolute atomic E-state index is 11.9. The number of halogens is 1. The molecular weight excluding hydrogens is 324 g/mol. The van der Waals surface area contributed by atoms with E-state index >= 15 is 0 Å². The Balaban J connectivity index is 3.05. The summed E-state index contributed by atoms with van der Waals surface area (Å²) >= 11 is 3.37. The zero-order valence-electron chi connectivity index (χ0n) is 12.4. The van der Waals surface area contributed by atoms with E-state index in [9.17, 15) is 4.79 Å². The number of nitrogens with one attached hydrogen (secondary N) is 1. The predicted octanol–water partition coefficient (Wildman–Crippen LogP) is 3.92. The highest BCUT2D eigenvalue weighted by Gasteiger charge is 2.26. The molecular formula is C14H21BrN2O3. The number of amides is 1. The van der Waals surface area contributed by atoms with Gasteiger partial charge in [0.2, 0.25) is 0 Å². The minimum atomic E-state index is -0.731. The number of rotatable bonds is 3. The second-order valence-corrected chi connectivity index (χ2v) is 6.86.